The van der Waals surface area contributed by atoms with Gasteiger partial charge in [0.25, 0.3) is 0 Å². The maximum absolute atomic E-state index is 11.4. The van der Waals surface area contributed by atoms with Gasteiger partial charge in [-0.2, -0.15) is 0 Å². The van der Waals surface area contributed by atoms with E-state index in [0.29, 0.717) is 17.2 Å². The van der Waals surface area contributed by atoms with Crippen molar-refractivity contribution in [1.29, 1.82) is 0 Å². The fourth-order valence-corrected chi connectivity index (χ4v) is 3.40. The molecule has 0 aliphatic carbocycles. The Hall–Kier alpha value is -2.82. The minimum Gasteiger partial charge on any atom is -0.463 e. The van der Waals surface area contributed by atoms with Crippen molar-refractivity contribution >= 4 is 11.9 Å². The van der Waals surface area contributed by atoms with Gasteiger partial charge in [-0.05, 0) is 73.9 Å². The normalized spacial score (nSPS) is 17.0. The van der Waals surface area contributed by atoms with Crippen LogP contribution in [0.2, 0.25) is 0 Å². The molecule has 0 unspecified atom stereocenters. The van der Waals surface area contributed by atoms with Gasteiger partial charge in [0.15, 0.2) is 11.5 Å². The van der Waals surface area contributed by atoms with Crippen LogP contribution >= 0.6 is 0 Å². The molecule has 148 valence electrons. The molecule has 0 saturated heterocycles. The van der Waals surface area contributed by atoms with Crippen LogP contribution in [-0.2, 0) is 27.2 Å². The third-order valence-electron chi connectivity index (χ3n) is 4.74. The molecule has 0 saturated carbocycles. The second-order valence-electron chi connectivity index (χ2n) is 7.14. The lowest BCUT2D eigenvalue weighted by molar-refractivity contribution is -0.147. The summed E-state index contributed by atoms with van der Waals surface area (Å²) in [6.07, 6.45) is 5.27. The second-order valence-corrected chi connectivity index (χ2v) is 7.14. The highest BCUT2D eigenvalue weighted by atomic mass is 16.6. The number of benzene rings is 2. The van der Waals surface area contributed by atoms with E-state index in [1.165, 1.54) is 19.4 Å². The molecule has 0 amide bonds. The first-order valence-corrected chi connectivity index (χ1v) is 9.75. The van der Waals surface area contributed by atoms with Crippen LogP contribution < -0.4 is 9.47 Å². The van der Waals surface area contributed by atoms with Crippen molar-refractivity contribution in [2.45, 2.75) is 58.5 Å². The molecule has 1 atom stereocenters. The van der Waals surface area contributed by atoms with E-state index in [2.05, 4.69) is 0 Å². The third kappa shape index (κ3) is 5.84. The molecule has 0 radical (unpaired) electrons. The van der Waals surface area contributed by atoms with Gasteiger partial charge in [0.1, 0.15) is 11.9 Å². The first-order valence-electron chi connectivity index (χ1n) is 9.75. The molecular formula is C23H26O5. The average molecular weight is 382 g/mol. The topological polar surface area (TPSA) is 61.8 Å². The van der Waals surface area contributed by atoms with Gasteiger partial charge in [0, 0.05) is 13.8 Å². The van der Waals surface area contributed by atoms with Crippen LogP contribution in [-0.4, -0.2) is 18.0 Å². The molecule has 2 aliphatic heterocycles. The summed E-state index contributed by atoms with van der Waals surface area (Å²) in [4.78, 5) is 22.9. The van der Waals surface area contributed by atoms with Gasteiger partial charge in [-0.3, -0.25) is 9.59 Å². The summed E-state index contributed by atoms with van der Waals surface area (Å²) >= 11 is 0. The zero-order valence-corrected chi connectivity index (χ0v) is 16.4. The Morgan fingerprint density at radius 3 is 2.36 bits per heavy atom. The average Bonchev–Trinajstić information content (AvgIpc) is 2.65. The number of carbonyl (C=O) groups excluding carboxylic acids is 2. The highest BCUT2D eigenvalue weighted by molar-refractivity contribution is 5.70. The minimum absolute atomic E-state index is 0.0954. The van der Waals surface area contributed by atoms with Crippen molar-refractivity contribution in [3.05, 3.63) is 53.6 Å². The number of carbonyl (C=O) groups is 2. The van der Waals surface area contributed by atoms with E-state index < -0.39 is 5.97 Å². The molecule has 2 aromatic carbocycles. The molecule has 0 aromatic heterocycles. The van der Waals surface area contributed by atoms with Crippen molar-refractivity contribution in [2.75, 3.05) is 0 Å². The summed E-state index contributed by atoms with van der Waals surface area (Å²) < 4.78 is 16.8. The first-order chi connectivity index (χ1) is 13.5. The molecule has 0 spiro atoms. The van der Waals surface area contributed by atoms with E-state index in [1.807, 2.05) is 36.4 Å². The molecule has 4 bridgehead atoms. The number of ether oxygens (including phenoxy) is 3. The minimum atomic E-state index is -0.395. The molecule has 0 N–H and O–H groups in total. The fourth-order valence-electron chi connectivity index (χ4n) is 3.40. The van der Waals surface area contributed by atoms with Crippen molar-refractivity contribution in [3.8, 4) is 17.2 Å². The van der Waals surface area contributed by atoms with Crippen molar-refractivity contribution in [1.82, 2.24) is 0 Å². The smallest absolute Gasteiger partial charge is 0.308 e. The fraction of sp³-hybridized carbons (Fsp3) is 0.391. The van der Waals surface area contributed by atoms with Gasteiger partial charge in [-0.15, -0.1) is 0 Å². The van der Waals surface area contributed by atoms with E-state index >= 15 is 0 Å². The lowest BCUT2D eigenvalue weighted by atomic mass is 10.0. The van der Waals surface area contributed by atoms with E-state index in [9.17, 15) is 9.59 Å². The van der Waals surface area contributed by atoms with Crippen molar-refractivity contribution in [2.24, 2.45) is 0 Å². The lowest BCUT2D eigenvalue weighted by Gasteiger charge is -2.17. The van der Waals surface area contributed by atoms with Crippen LogP contribution in [0.3, 0.4) is 0 Å². The molecular weight excluding hydrogens is 356 g/mol. The first kappa shape index (κ1) is 19.9. The Labute approximate surface area is 165 Å². The molecule has 0 fully saturated rings. The predicted octanol–water partition coefficient (Wildman–Crippen LogP) is 4.99. The molecule has 5 heteroatoms. The molecule has 5 nitrogen and oxygen atoms in total. The number of aryl methyl sites for hydroxylation is 2. The summed E-state index contributed by atoms with van der Waals surface area (Å²) in [7, 11) is 0. The van der Waals surface area contributed by atoms with Gasteiger partial charge >= 0.3 is 11.9 Å². The van der Waals surface area contributed by atoms with E-state index in [0.717, 1.165) is 44.1 Å². The van der Waals surface area contributed by atoms with E-state index in [1.54, 1.807) is 6.07 Å². The summed E-state index contributed by atoms with van der Waals surface area (Å²) in [5.74, 6) is 0.948. The van der Waals surface area contributed by atoms with E-state index in [-0.39, 0.29) is 12.1 Å². The number of rotatable bonds is 2. The van der Waals surface area contributed by atoms with Crippen molar-refractivity contribution < 1.29 is 23.8 Å². The zero-order valence-electron chi connectivity index (χ0n) is 16.4. The van der Waals surface area contributed by atoms with Crippen LogP contribution in [0.15, 0.2) is 42.5 Å². The van der Waals surface area contributed by atoms with Crippen LogP contribution in [0, 0.1) is 0 Å². The SMILES string of the molecule is CC(=O)Oc1ccc2cc1Oc1ccc(cc1)CCCC[C@@H](OC(C)=O)CC2. The quantitative estimate of drug-likeness (QED) is 0.541. The third-order valence-corrected chi connectivity index (χ3v) is 4.74. The maximum atomic E-state index is 11.4. The molecule has 2 aromatic rings. The highest BCUT2D eigenvalue weighted by Gasteiger charge is 2.15. The number of hydrogen-bond donors (Lipinski definition) is 0. The van der Waals surface area contributed by atoms with Gasteiger partial charge in [0.05, 0.1) is 0 Å². The summed E-state index contributed by atoms with van der Waals surface area (Å²) in [6.45, 7) is 2.82. The van der Waals surface area contributed by atoms with Crippen molar-refractivity contribution in [3.63, 3.8) is 0 Å². The number of fused-ring (bicyclic) bond motifs is 8. The summed E-state index contributed by atoms with van der Waals surface area (Å²) in [5, 5.41) is 0. The Morgan fingerprint density at radius 2 is 1.64 bits per heavy atom. The van der Waals surface area contributed by atoms with Crippen LogP contribution in [0.4, 0.5) is 0 Å². The largest absolute Gasteiger partial charge is 0.463 e. The molecule has 28 heavy (non-hydrogen) atoms. The van der Waals surface area contributed by atoms with Crippen LogP contribution in [0.1, 0.15) is 50.7 Å². The standard InChI is InChI=1S/C23H26O5/c1-16(24)26-20-6-4-3-5-18-7-11-21(12-8-18)28-23-15-19(9-13-20)10-14-22(23)27-17(2)25/h7-8,10-12,14-15,20H,3-6,9,13H2,1-2H3/t20-/m1/s1. The lowest BCUT2D eigenvalue weighted by Crippen LogP contribution is -2.17. The Kier molecular flexibility index (Phi) is 6.69. The monoisotopic (exact) mass is 382 g/mol. The van der Waals surface area contributed by atoms with Gasteiger partial charge in [-0.1, -0.05) is 18.2 Å². The zero-order chi connectivity index (χ0) is 19.9. The molecule has 2 aliphatic rings. The Bertz CT molecular complexity index is 825. The second kappa shape index (κ2) is 9.40. The number of esters is 2. The van der Waals surface area contributed by atoms with Crippen LogP contribution in [0.5, 0.6) is 17.2 Å². The van der Waals surface area contributed by atoms with E-state index in [4.69, 9.17) is 14.2 Å². The Balaban J connectivity index is 1.89. The molecule has 4 rings (SSSR count). The van der Waals surface area contributed by atoms with Gasteiger partial charge in [-0.25, -0.2) is 0 Å². The van der Waals surface area contributed by atoms with Gasteiger partial charge in [0.2, 0.25) is 0 Å². The van der Waals surface area contributed by atoms with Crippen LogP contribution in [0.25, 0.3) is 0 Å². The summed E-state index contributed by atoms with van der Waals surface area (Å²) in [6, 6.07) is 13.5. The Morgan fingerprint density at radius 1 is 0.893 bits per heavy atom. The van der Waals surface area contributed by atoms with Gasteiger partial charge < -0.3 is 14.2 Å². The predicted molar refractivity (Wildman–Crippen MR) is 106 cm³/mol. The summed E-state index contributed by atoms with van der Waals surface area (Å²) in [5.41, 5.74) is 2.27. The number of hydrogen-bond acceptors (Lipinski definition) is 5. The maximum Gasteiger partial charge on any atom is 0.308 e. The molecule has 2 heterocycles. The highest BCUT2D eigenvalue weighted by Crippen LogP contribution is 2.34.